The van der Waals surface area contributed by atoms with Gasteiger partial charge in [-0.25, -0.2) is 26.5 Å². The Morgan fingerprint density at radius 2 is 2.23 bits per heavy atom. The molecule has 1 aliphatic rings. The molecular weight excluding hydrogens is 298 g/mol. The van der Waals surface area contributed by atoms with Crippen molar-refractivity contribution in [1.82, 2.24) is 10.4 Å². The molecule has 1 heterocycles. The summed E-state index contributed by atoms with van der Waals surface area (Å²) in [5.41, 5.74) is 4.81. The molecule has 22 heavy (non-hydrogen) atoms. The number of aromatic nitrogens is 1. The number of carbonyl (C=O) groups is 1. The van der Waals surface area contributed by atoms with Crippen LogP contribution < -0.4 is 22.1 Å². The van der Waals surface area contributed by atoms with Crippen molar-refractivity contribution < 1.29 is 4.79 Å². The smallest absolute Gasteiger partial charge is 0.274 e. The van der Waals surface area contributed by atoms with Gasteiger partial charge in [0, 0.05) is 17.1 Å². The van der Waals surface area contributed by atoms with E-state index >= 15 is 0 Å². The Morgan fingerprint density at radius 1 is 1.41 bits per heavy atom. The Labute approximate surface area is 132 Å². The maximum Gasteiger partial charge on any atom is 0.350 e. The maximum atomic E-state index is 11.7. The predicted octanol–water partition coefficient (Wildman–Crippen LogP) is 2.45. The number of carbonyl (C=O) groups excluding carboxylic acids is 1. The molecule has 5 N–H and O–H groups in total. The molecule has 3 rings (SSSR count). The van der Waals surface area contributed by atoms with Gasteiger partial charge in [-0.1, -0.05) is 12.1 Å². The molecule has 1 aromatic carbocycles. The lowest BCUT2D eigenvalue weighted by atomic mass is 10.0. The Hall–Kier alpha value is -2.22. The topological polar surface area (TPSA) is 97.3 Å². The molecule has 114 valence electrons. The fraction of sp³-hybridized carbons (Fsp3) is 0.200. The van der Waals surface area contributed by atoms with Crippen molar-refractivity contribution in [2.45, 2.75) is 18.8 Å². The van der Waals surface area contributed by atoms with Crippen LogP contribution in [0.2, 0.25) is 0 Å². The molecule has 0 saturated heterocycles. The van der Waals surface area contributed by atoms with Crippen LogP contribution in [0.4, 0.5) is 10.5 Å². The Balaban J connectivity index is 2.01. The number of benzene rings is 1. The zero-order chi connectivity index (χ0) is 15.5. The minimum absolute atomic E-state index is 0.533. The molecule has 1 saturated carbocycles. The molecule has 2 amide bonds. The van der Waals surface area contributed by atoms with Crippen LogP contribution in [0.1, 0.15) is 34.9 Å². The van der Waals surface area contributed by atoms with Gasteiger partial charge in [0.25, 0.3) is 0 Å². The third-order valence-corrected chi connectivity index (χ3v) is 4.32. The van der Waals surface area contributed by atoms with E-state index < -0.39 is 6.03 Å². The summed E-state index contributed by atoms with van der Waals surface area (Å²) in [6.07, 6.45) is 7.98. The van der Waals surface area contributed by atoms with Gasteiger partial charge in [-0.15, -0.1) is 11.3 Å². The second-order valence-electron chi connectivity index (χ2n) is 5.08. The molecule has 2 aromatic rings. The summed E-state index contributed by atoms with van der Waals surface area (Å²) in [6.45, 7) is 0. The zero-order valence-electron chi connectivity index (χ0n) is 11.9. The third kappa shape index (κ3) is 3.01. The largest absolute Gasteiger partial charge is 0.350 e. The van der Waals surface area contributed by atoms with Crippen LogP contribution in [0.3, 0.4) is 0 Å². The number of hydrogen-bond donors (Lipinski definition) is 3. The van der Waals surface area contributed by atoms with Gasteiger partial charge < -0.3 is 0 Å². The molecule has 0 spiro atoms. The van der Waals surface area contributed by atoms with E-state index in [1.54, 1.807) is 17.5 Å². The number of hydrogen-bond acceptors (Lipinski definition) is 5. The Bertz CT molecular complexity index is 694. The number of thiazole rings is 1. The lowest BCUT2D eigenvalue weighted by Crippen LogP contribution is -2.48. The first-order valence-electron chi connectivity index (χ1n) is 6.96. The normalized spacial score (nSPS) is 14.3. The van der Waals surface area contributed by atoms with Gasteiger partial charge in [-0.05, 0) is 42.5 Å². The minimum Gasteiger partial charge on any atom is -0.274 e. The summed E-state index contributed by atoms with van der Waals surface area (Å²) in [7, 11) is 0. The standard InChI is InChI=1S/C15H17N5OS/c16-19-15(21)20(17)13-3-1-2-11(10-4-5-10)12(13)6-7-14-18-8-9-22-14/h1-3,6-10H,4-5,16-17H2,(H,19,21)/b7-6+. The van der Waals surface area contributed by atoms with E-state index in [-0.39, 0.29) is 0 Å². The van der Waals surface area contributed by atoms with Gasteiger partial charge in [-0.2, -0.15) is 0 Å². The first-order valence-corrected chi connectivity index (χ1v) is 7.84. The van der Waals surface area contributed by atoms with Crippen molar-refractivity contribution in [3.63, 3.8) is 0 Å². The summed E-state index contributed by atoms with van der Waals surface area (Å²) in [6, 6.07) is 5.24. The number of urea groups is 1. The van der Waals surface area contributed by atoms with Crippen molar-refractivity contribution in [1.29, 1.82) is 0 Å². The number of hydrazine groups is 2. The third-order valence-electron chi connectivity index (χ3n) is 3.58. The van der Waals surface area contributed by atoms with Gasteiger partial charge in [0.1, 0.15) is 5.01 Å². The fourth-order valence-electron chi connectivity index (χ4n) is 2.36. The molecular formula is C15H17N5OS. The van der Waals surface area contributed by atoms with Gasteiger partial charge in [-0.3, -0.25) is 5.43 Å². The molecule has 1 aromatic heterocycles. The lowest BCUT2D eigenvalue weighted by molar-refractivity contribution is 0.246. The fourth-order valence-corrected chi connectivity index (χ4v) is 2.89. The highest BCUT2D eigenvalue weighted by molar-refractivity contribution is 7.10. The van der Waals surface area contributed by atoms with E-state index in [1.807, 2.05) is 29.7 Å². The summed E-state index contributed by atoms with van der Waals surface area (Å²) in [5.74, 6) is 11.6. The molecule has 0 unspecified atom stereocenters. The van der Waals surface area contributed by atoms with E-state index in [0.29, 0.717) is 11.6 Å². The summed E-state index contributed by atoms with van der Waals surface area (Å²) < 4.78 is 0. The van der Waals surface area contributed by atoms with E-state index in [2.05, 4.69) is 16.5 Å². The molecule has 0 bridgehead atoms. The zero-order valence-corrected chi connectivity index (χ0v) is 12.7. The van der Waals surface area contributed by atoms with Crippen LogP contribution >= 0.6 is 11.3 Å². The van der Waals surface area contributed by atoms with Crippen LogP contribution in [-0.2, 0) is 0 Å². The molecule has 0 radical (unpaired) electrons. The van der Waals surface area contributed by atoms with Crippen molar-refractivity contribution in [3.8, 4) is 0 Å². The van der Waals surface area contributed by atoms with E-state index in [4.69, 9.17) is 11.7 Å². The van der Waals surface area contributed by atoms with Crippen LogP contribution in [0.5, 0.6) is 0 Å². The van der Waals surface area contributed by atoms with Gasteiger partial charge in [0.2, 0.25) is 0 Å². The first kappa shape index (κ1) is 14.7. The van der Waals surface area contributed by atoms with Crippen molar-refractivity contribution in [3.05, 3.63) is 45.9 Å². The Morgan fingerprint density at radius 3 is 2.86 bits per heavy atom. The SMILES string of the molecule is NNC(=O)N(N)c1cccc(C2CC2)c1/C=C/c1nccs1. The number of nitrogens with two attached hydrogens (primary N) is 2. The highest BCUT2D eigenvalue weighted by atomic mass is 32.1. The molecule has 6 nitrogen and oxygen atoms in total. The van der Waals surface area contributed by atoms with Crippen LogP contribution in [-0.4, -0.2) is 11.0 Å². The average Bonchev–Trinajstić information content (AvgIpc) is 3.27. The highest BCUT2D eigenvalue weighted by Gasteiger charge is 2.27. The van der Waals surface area contributed by atoms with Crippen molar-refractivity contribution in [2.75, 3.05) is 5.01 Å². The molecule has 0 atom stereocenters. The van der Waals surface area contributed by atoms with E-state index in [9.17, 15) is 4.79 Å². The van der Waals surface area contributed by atoms with E-state index in [1.165, 1.54) is 5.56 Å². The first-order chi connectivity index (χ1) is 10.7. The molecule has 0 aliphatic heterocycles. The lowest BCUT2D eigenvalue weighted by Gasteiger charge is -2.20. The summed E-state index contributed by atoms with van der Waals surface area (Å²) >= 11 is 1.56. The van der Waals surface area contributed by atoms with Crippen LogP contribution in [0.15, 0.2) is 29.8 Å². The predicted molar refractivity (Wildman–Crippen MR) is 88.8 cm³/mol. The second kappa shape index (κ2) is 6.27. The number of amides is 2. The molecule has 1 fully saturated rings. The number of nitrogens with zero attached hydrogens (tertiary/aromatic N) is 2. The number of anilines is 1. The van der Waals surface area contributed by atoms with Gasteiger partial charge in [0.05, 0.1) is 5.69 Å². The average molecular weight is 315 g/mol. The van der Waals surface area contributed by atoms with E-state index in [0.717, 1.165) is 28.4 Å². The number of rotatable bonds is 4. The van der Waals surface area contributed by atoms with Crippen LogP contribution in [0.25, 0.3) is 12.2 Å². The van der Waals surface area contributed by atoms with Crippen LogP contribution in [0, 0.1) is 0 Å². The van der Waals surface area contributed by atoms with Gasteiger partial charge >= 0.3 is 6.03 Å². The molecule has 7 heteroatoms. The monoisotopic (exact) mass is 315 g/mol. The minimum atomic E-state index is -0.558. The summed E-state index contributed by atoms with van der Waals surface area (Å²) in [5, 5.41) is 3.86. The maximum absolute atomic E-state index is 11.7. The quantitative estimate of drug-likeness (QED) is 0.458. The summed E-state index contributed by atoms with van der Waals surface area (Å²) in [4.78, 5) is 16.0. The van der Waals surface area contributed by atoms with Crippen molar-refractivity contribution >= 4 is 35.2 Å². The molecule has 1 aliphatic carbocycles. The van der Waals surface area contributed by atoms with Gasteiger partial charge in [0.15, 0.2) is 0 Å². The number of nitrogens with one attached hydrogen (secondary N) is 1. The second-order valence-corrected chi connectivity index (χ2v) is 6.00. The highest BCUT2D eigenvalue weighted by Crippen LogP contribution is 2.44. The van der Waals surface area contributed by atoms with Crippen molar-refractivity contribution in [2.24, 2.45) is 11.7 Å². The Kier molecular flexibility index (Phi) is 4.19.